The van der Waals surface area contributed by atoms with Gasteiger partial charge in [0, 0.05) is 0 Å². The third kappa shape index (κ3) is 3.57. The molecule has 1 saturated heterocycles. The van der Waals surface area contributed by atoms with Gasteiger partial charge in [0.1, 0.15) is 11.9 Å². The highest BCUT2D eigenvalue weighted by Gasteiger charge is 2.32. The van der Waals surface area contributed by atoms with Gasteiger partial charge in [0.05, 0.1) is 19.1 Å². The van der Waals surface area contributed by atoms with Gasteiger partial charge in [0.15, 0.2) is 5.82 Å². The summed E-state index contributed by atoms with van der Waals surface area (Å²) < 4.78 is 1.82. The Bertz CT molecular complexity index is 813. The molecule has 1 unspecified atom stereocenters. The third-order valence-electron chi connectivity index (χ3n) is 5.24. The van der Waals surface area contributed by atoms with Crippen LogP contribution >= 0.6 is 0 Å². The van der Waals surface area contributed by atoms with Crippen molar-refractivity contribution in [3.63, 3.8) is 0 Å². The van der Waals surface area contributed by atoms with Crippen LogP contribution in [0.3, 0.4) is 0 Å². The number of hydrogen-bond acceptors (Lipinski definition) is 5. The molecule has 4 rings (SSSR count). The lowest BCUT2D eigenvalue weighted by Gasteiger charge is -2.24. The molecule has 0 spiro atoms. The van der Waals surface area contributed by atoms with Crippen LogP contribution in [0.15, 0.2) is 30.3 Å². The number of aliphatic hydroxyl groups is 1. The highest BCUT2D eigenvalue weighted by Crippen LogP contribution is 2.30. The Hall–Kier alpha value is -2.74. The van der Waals surface area contributed by atoms with Crippen molar-refractivity contribution in [2.45, 2.75) is 50.8 Å². The van der Waals surface area contributed by atoms with E-state index in [1.54, 1.807) is 0 Å². The number of hydrogen-bond donors (Lipinski definition) is 2. The maximum atomic E-state index is 12.0. The van der Waals surface area contributed by atoms with E-state index in [1.807, 2.05) is 35.0 Å². The molecule has 8 nitrogen and oxygen atoms in total. The van der Waals surface area contributed by atoms with E-state index in [0.717, 1.165) is 30.6 Å². The first kappa shape index (κ1) is 17.7. The molecule has 1 atom stereocenters. The van der Waals surface area contributed by atoms with Crippen molar-refractivity contribution in [3.8, 4) is 0 Å². The van der Waals surface area contributed by atoms with Crippen LogP contribution in [0.25, 0.3) is 0 Å². The minimum Gasteiger partial charge on any atom is -0.380 e. The summed E-state index contributed by atoms with van der Waals surface area (Å²) in [5.41, 5.74) is 0.708. The van der Waals surface area contributed by atoms with E-state index < -0.39 is 12.1 Å². The number of amides is 3. The minimum absolute atomic E-state index is 0.00982. The Labute approximate surface area is 157 Å². The van der Waals surface area contributed by atoms with E-state index in [2.05, 4.69) is 15.4 Å². The van der Waals surface area contributed by atoms with Crippen molar-refractivity contribution >= 4 is 11.9 Å². The largest absolute Gasteiger partial charge is 0.380 e. The number of rotatable bonds is 5. The average molecular weight is 369 g/mol. The molecule has 0 bridgehead atoms. The molecule has 8 heteroatoms. The van der Waals surface area contributed by atoms with Gasteiger partial charge >= 0.3 is 6.03 Å². The zero-order valence-electron chi connectivity index (χ0n) is 15.0. The highest BCUT2D eigenvalue weighted by atomic mass is 16.3. The molecule has 1 aromatic carbocycles. The van der Waals surface area contributed by atoms with Crippen molar-refractivity contribution in [2.24, 2.45) is 0 Å². The zero-order chi connectivity index (χ0) is 18.8. The second-order valence-corrected chi connectivity index (χ2v) is 7.07. The van der Waals surface area contributed by atoms with E-state index in [-0.39, 0.29) is 25.0 Å². The van der Waals surface area contributed by atoms with Crippen LogP contribution in [-0.2, 0) is 11.3 Å². The number of nitrogens with one attached hydrogen (secondary N) is 1. The topological polar surface area (TPSA) is 100 Å². The lowest BCUT2D eigenvalue weighted by molar-refractivity contribution is -0.125. The quantitative estimate of drug-likeness (QED) is 0.784. The van der Waals surface area contributed by atoms with E-state index in [1.165, 1.54) is 6.42 Å². The first-order chi connectivity index (χ1) is 13.1. The number of aliphatic hydroxyl groups excluding tert-OH is 1. The molecule has 2 fully saturated rings. The first-order valence-electron chi connectivity index (χ1n) is 9.40. The van der Waals surface area contributed by atoms with Crippen LogP contribution in [0, 0.1) is 0 Å². The number of aromatic nitrogens is 3. The highest BCUT2D eigenvalue weighted by molar-refractivity contribution is 6.01. The normalized spacial score (nSPS) is 19.4. The van der Waals surface area contributed by atoms with Gasteiger partial charge in [0.2, 0.25) is 5.91 Å². The van der Waals surface area contributed by atoms with Crippen LogP contribution in [0.2, 0.25) is 0 Å². The maximum absolute atomic E-state index is 12.0. The molecule has 142 valence electrons. The van der Waals surface area contributed by atoms with Gasteiger partial charge in [-0.05, 0) is 18.4 Å². The van der Waals surface area contributed by atoms with E-state index in [9.17, 15) is 14.7 Å². The van der Waals surface area contributed by atoms with Crippen LogP contribution in [-0.4, -0.2) is 43.3 Å². The Kier molecular flexibility index (Phi) is 4.89. The van der Waals surface area contributed by atoms with Gasteiger partial charge < -0.3 is 10.4 Å². The van der Waals surface area contributed by atoms with Crippen molar-refractivity contribution in [3.05, 3.63) is 47.5 Å². The summed E-state index contributed by atoms with van der Waals surface area (Å²) in [6, 6.07) is 9.00. The standard InChI is InChI=1S/C19H23N5O3/c25-16-11-20-19(27)23(16)12-15-21-18(17(26)13-7-3-1-4-8-13)22-24(15)14-9-5-2-6-10-14/h1,3-4,7-8,14,17,26H,2,5-6,9-12H2,(H,20,27). The molecule has 1 saturated carbocycles. The lowest BCUT2D eigenvalue weighted by Crippen LogP contribution is -2.32. The molecule has 3 amide bonds. The number of carbonyl (C=O) groups is 2. The fourth-order valence-corrected chi connectivity index (χ4v) is 3.76. The maximum Gasteiger partial charge on any atom is 0.325 e. The number of carbonyl (C=O) groups excluding carboxylic acids is 2. The summed E-state index contributed by atoms with van der Waals surface area (Å²) in [7, 11) is 0. The summed E-state index contributed by atoms with van der Waals surface area (Å²) >= 11 is 0. The van der Waals surface area contributed by atoms with E-state index in [4.69, 9.17) is 0 Å². The van der Waals surface area contributed by atoms with E-state index in [0.29, 0.717) is 17.2 Å². The average Bonchev–Trinajstić information content (AvgIpc) is 3.27. The van der Waals surface area contributed by atoms with Gasteiger partial charge in [-0.25, -0.2) is 14.5 Å². The Morgan fingerprint density at radius 2 is 1.89 bits per heavy atom. The number of imide groups is 1. The Balaban J connectivity index is 1.66. The number of benzene rings is 1. The Morgan fingerprint density at radius 1 is 1.15 bits per heavy atom. The summed E-state index contributed by atoms with van der Waals surface area (Å²) in [5.74, 6) is 0.564. The molecular weight excluding hydrogens is 346 g/mol. The second-order valence-electron chi connectivity index (χ2n) is 7.07. The van der Waals surface area contributed by atoms with Crippen molar-refractivity contribution in [1.29, 1.82) is 0 Å². The van der Waals surface area contributed by atoms with Crippen LogP contribution in [0.4, 0.5) is 4.79 Å². The second kappa shape index (κ2) is 7.48. The van der Waals surface area contributed by atoms with Crippen LogP contribution < -0.4 is 5.32 Å². The van der Waals surface area contributed by atoms with Gasteiger partial charge in [-0.2, -0.15) is 5.10 Å². The summed E-state index contributed by atoms with van der Waals surface area (Å²) in [4.78, 5) is 29.6. The molecule has 1 aromatic heterocycles. The molecule has 2 N–H and O–H groups in total. The number of urea groups is 1. The van der Waals surface area contributed by atoms with Gasteiger partial charge in [-0.3, -0.25) is 9.69 Å². The smallest absolute Gasteiger partial charge is 0.325 e. The lowest BCUT2D eigenvalue weighted by atomic mass is 9.95. The van der Waals surface area contributed by atoms with Gasteiger partial charge in [-0.15, -0.1) is 0 Å². The SMILES string of the molecule is O=C1CNC(=O)N1Cc1nc(C(O)c2ccccc2)nn1C1CCCCC1. The number of nitrogens with zero attached hydrogens (tertiary/aromatic N) is 4. The van der Waals surface area contributed by atoms with Crippen molar-refractivity contribution in [1.82, 2.24) is 25.0 Å². The predicted molar refractivity (Wildman–Crippen MR) is 96.6 cm³/mol. The van der Waals surface area contributed by atoms with Crippen molar-refractivity contribution in [2.75, 3.05) is 6.54 Å². The molecule has 1 aliphatic heterocycles. The predicted octanol–water partition coefficient (Wildman–Crippen LogP) is 1.92. The molecule has 0 radical (unpaired) electrons. The molecule has 1 aliphatic carbocycles. The van der Waals surface area contributed by atoms with Gasteiger partial charge in [-0.1, -0.05) is 49.6 Å². The van der Waals surface area contributed by atoms with Gasteiger partial charge in [0.25, 0.3) is 0 Å². The van der Waals surface area contributed by atoms with Crippen LogP contribution in [0.1, 0.15) is 61.5 Å². The first-order valence-corrected chi connectivity index (χ1v) is 9.40. The minimum atomic E-state index is -0.946. The zero-order valence-corrected chi connectivity index (χ0v) is 15.0. The fraction of sp³-hybridized carbons (Fsp3) is 0.474. The molecule has 2 heterocycles. The molecule has 2 aliphatic rings. The van der Waals surface area contributed by atoms with Crippen molar-refractivity contribution < 1.29 is 14.7 Å². The van der Waals surface area contributed by atoms with Crippen LogP contribution in [0.5, 0.6) is 0 Å². The summed E-state index contributed by atoms with van der Waals surface area (Å²) in [6.07, 6.45) is 4.45. The molecular formula is C19H23N5O3. The third-order valence-corrected chi connectivity index (χ3v) is 5.24. The Morgan fingerprint density at radius 3 is 2.56 bits per heavy atom. The summed E-state index contributed by atoms with van der Waals surface area (Å²) in [5, 5.41) is 17.8. The molecule has 27 heavy (non-hydrogen) atoms. The summed E-state index contributed by atoms with van der Waals surface area (Å²) in [6.45, 7) is 0.0750. The molecule has 2 aromatic rings. The fourth-order valence-electron chi connectivity index (χ4n) is 3.76. The monoisotopic (exact) mass is 369 g/mol. The van der Waals surface area contributed by atoms with E-state index >= 15 is 0 Å².